The molecule has 1 saturated carbocycles. The molecule has 1 saturated heterocycles. The van der Waals surface area contributed by atoms with Crippen molar-refractivity contribution in [3.05, 3.63) is 29.8 Å². The average molecular weight is 500 g/mol. The Hall–Kier alpha value is -1.02. The lowest BCUT2D eigenvalue weighted by molar-refractivity contribution is 0.206. The number of methoxy groups -OCH3 is 1. The van der Waals surface area contributed by atoms with Crippen LogP contribution in [0, 0.1) is 0 Å². The number of likely N-dealkylation sites (tertiary alicyclic amines) is 1. The highest BCUT2D eigenvalue weighted by atomic mass is 127. The van der Waals surface area contributed by atoms with Gasteiger partial charge in [-0.15, -0.1) is 24.0 Å². The third kappa shape index (κ3) is 5.99. The minimum Gasteiger partial charge on any atom is -0.496 e. The maximum absolute atomic E-state index is 5.59. The number of hydrogen-bond acceptors (Lipinski definition) is 3. The first kappa shape index (κ1) is 23.3. The molecular weight excluding hydrogens is 463 g/mol. The number of guanidine groups is 1. The number of para-hydroxylation sites is 1. The first-order chi connectivity index (χ1) is 13.2. The fourth-order valence-electron chi connectivity index (χ4n) is 4.11. The Bertz CT molecular complexity index is 625. The van der Waals surface area contributed by atoms with E-state index in [-0.39, 0.29) is 29.4 Å². The van der Waals surface area contributed by atoms with Crippen molar-refractivity contribution in [2.45, 2.75) is 57.4 Å². The molecule has 6 heteroatoms. The van der Waals surface area contributed by atoms with Gasteiger partial charge in [-0.1, -0.05) is 25.1 Å². The summed E-state index contributed by atoms with van der Waals surface area (Å²) in [6.45, 7) is 9.71. The molecule has 2 fully saturated rings. The molecule has 1 aromatic rings. The van der Waals surface area contributed by atoms with Crippen LogP contribution in [0.3, 0.4) is 0 Å². The van der Waals surface area contributed by atoms with E-state index in [1.807, 2.05) is 6.07 Å². The van der Waals surface area contributed by atoms with Gasteiger partial charge in [0.1, 0.15) is 5.75 Å². The van der Waals surface area contributed by atoms with E-state index in [0.717, 1.165) is 24.8 Å². The zero-order valence-corrected chi connectivity index (χ0v) is 20.0. The molecule has 158 valence electrons. The Balaban J connectivity index is 0.00000280. The van der Waals surface area contributed by atoms with E-state index in [2.05, 4.69) is 47.6 Å². The van der Waals surface area contributed by atoms with Crippen LogP contribution in [0.1, 0.15) is 51.5 Å². The number of hydrogen-bond donors (Lipinski definition) is 2. The van der Waals surface area contributed by atoms with Gasteiger partial charge in [-0.05, 0) is 51.6 Å². The molecular formula is C22H37IN4O. The van der Waals surface area contributed by atoms with Crippen molar-refractivity contribution in [2.75, 3.05) is 39.8 Å². The van der Waals surface area contributed by atoms with Gasteiger partial charge in [0.2, 0.25) is 0 Å². The molecule has 0 bridgehead atoms. The van der Waals surface area contributed by atoms with Crippen molar-refractivity contribution in [2.24, 2.45) is 4.99 Å². The molecule has 0 unspecified atom stereocenters. The first-order valence-corrected chi connectivity index (χ1v) is 10.6. The SMILES string of the molecule is CCCN1CCC(NC(=NCC2(c3ccccc3OC)CC2)NCC)CC1.I. The number of nitrogens with one attached hydrogen (secondary N) is 2. The van der Waals surface area contributed by atoms with Crippen molar-refractivity contribution >= 4 is 29.9 Å². The minimum atomic E-state index is 0. The third-order valence-corrected chi connectivity index (χ3v) is 5.88. The van der Waals surface area contributed by atoms with E-state index in [1.54, 1.807) is 7.11 Å². The molecule has 2 aliphatic rings. The number of rotatable bonds is 8. The Morgan fingerprint density at radius 3 is 2.54 bits per heavy atom. The molecule has 5 nitrogen and oxygen atoms in total. The molecule has 2 N–H and O–H groups in total. The van der Waals surface area contributed by atoms with Crippen LogP contribution in [0.15, 0.2) is 29.3 Å². The first-order valence-electron chi connectivity index (χ1n) is 10.6. The topological polar surface area (TPSA) is 48.9 Å². The summed E-state index contributed by atoms with van der Waals surface area (Å²) in [4.78, 5) is 7.55. The lowest BCUT2D eigenvalue weighted by Crippen LogP contribution is -2.49. The molecule has 1 aliphatic carbocycles. The smallest absolute Gasteiger partial charge is 0.191 e. The van der Waals surface area contributed by atoms with Crippen molar-refractivity contribution in [1.82, 2.24) is 15.5 Å². The summed E-state index contributed by atoms with van der Waals surface area (Å²) in [6.07, 6.45) is 6.01. The number of ether oxygens (including phenoxy) is 1. The lowest BCUT2D eigenvalue weighted by atomic mass is 9.95. The van der Waals surface area contributed by atoms with Gasteiger partial charge in [0.25, 0.3) is 0 Å². The van der Waals surface area contributed by atoms with E-state index in [1.165, 1.54) is 57.3 Å². The van der Waals surface area contributed by atoms with Gasteiger partial charge in [-0.25, -0.2) is 0 Å². The molecule has 0 radical (unpaired) electrons. The second kappa shape index (κ2) is 11.2. The number of halogens is 1. The van der Waals surface area contributed by atoms with Gasteiger partial charge in [0.15, 0.2) is 5.96 Å². The Morgan fingerprint density at radius 1 is 1.21 bits per heavy atom. The number of piperidine rings is 1. The third-order valence-electron chi connectivity index (χ3n) is 5.88. The van der Waals surface area contributed by atoms with Crippen molar-refractivity contribution in [3.8, 4) is 5.75 Å². The minimum absolute atomic E-state index is 0. The Labute approximate surface area is 187 Å². The van der Waals surface area contributed by atoms with Gasteiger partial charge >= 0.3 is 0 Å². The largest absolute Gasteiger partial charge is 0.496 e. The Morgan fingerprint density at radius 2 is 1.93 bits per heavy atom. The van der Waals surface area contributed by atoms with Crippen molar-refractivity contribution in [3.63, 3.8) is 0 Å². The fourth-order valence-corrected chi connectivity index (χ4v) is 4.11. The van der Waals surface area contributed by atoms with Crippen LogP contribution < -0.4 is 15.4 Å². The van der Waals surface area contributed by atoms with Gasteiger partial charge in [0, 0.05) is 36.7 Å². The predicted molar refractivity (Wildman–Crippen MR) is 128 cm³/mol. The lowest BCUT2D eigenvalue weighted by Gasteiger charge is -2.33. The quantitative estimate of drug-likeness (QED) is 0.324. The highest BCUT2D eigenvalue weighted by Gasteiger charge is 2.46. The number of aliphatic imine (C=N–C) groups is 1. The van der Waals surface area contributed by atoms with Crippen molar-refractivity contribution < 1.29 is 4.74 Å². The maximum atomic E-state index is 5.59. The molecule has 0 atom stereocenters. The summed E-state index contributed by atoms with van der Waals surface area (Å²) in [5, 5.41) is 7.12. The highest BCUT2D eigenvalue weighted by molar-refractivity contribution is 14.0. The van der Waals surface area contributed by atoms with E-state index in [9.17, 15) is 0 Å². The monoisotopic (exact) mass is 500 g/mol. The van der Waals surface area contributed by atoms with Crippen LogP contribution in [0.5, 0.6) is 5.75 Å². The number of benzene rings is 1. The molecule has 3 rings (SSSR count). The normalized spacial score (nSPS) is 19.6. The summed E-state index contributed by atoms with van der Waals surface area (Å²) >= 11 is 0. The van der Waals surface area contributed by atoms with Crippen LogP contribution in [0.2, 0.25) is 0 Å². The zero-order valence-electron chi connectivity index (χ0n) is 17.7. The molecule has 1 aliphatic heterocycles. The summed E-state index contributed by atoms with van der Waals surface area (Å²) in [6, 6.07) is 8.93. The van der Waals surface area contributed by atoms with Gasteiger partial charge in [0.05, 0.1) is 13.7 Å². The zero-order chi connectivity index (χ0) is 19.1. The van der Waals surface area contributed by atoms with Gasteiger partial charge in [-0.3, -0.25) is 4.99 Å². The molecule has 1 aromatic carbocycles. The van der Waals surface area contributed by atoms with Crippen LogP contribution in [0.4, 0.5) is 0 Å². The summed E-state index contributed by atoms with van der Waals surface area (Å²) in [5.74, 6) is 1.96. The molecule has 0 aromatic heterocycles. The van der Waals surface area contributed by atoms with E-state index < -0.39 is 0 Å². The van der Waals surface area contributed by atoms with Crippen LogP contribution in [-0.2, 0) is 5.41 Å². The fraction of sp³-hybridized carbons (Fsp3) is 0.682. The molecule has 0 spiro atoms. The molecule has 0 amide bonds. The van der Waals surface area contributed by atoms with Gasteiger partial charge < -0.3 is 20.3 Å². The standard InChI is InChI=1S/C22H36N4O.HI/c1-4-14-26-15-10-18(11-16-26)25-21(23-5-2)24-17-22(12-13-22)19-8-6-7-9-20(19)27-3;/h6-9,18H,4-5,10-17H2,1-3H3,(H2,23,24,25);1H. The highest BCUT2D eigenvalue weighted by Crippen LogP contribution is 2.51. The van der Waals surface area contributed by atoms with Crippen LogP contribution in [0.25, 0.3) is 0 Å². The summed E-state index contributed by atoms with van der Waals surface area (Å²) in [7, 11) is 1.76. The predicted octanol–water partition coefficient (Wildman–Crippen LogP) is 3.77. The number of nitrogens with zero attached hydrogens (tertiary/aromatic N) is 2. The van der Waals surface area contributed by atoms with E-state index >= 15 is 0 Å². The maximum Gasteiger partial charge on any atom is 0.191 e. The molecule has 28 heavy (non-hydrogen) atoms. The van der Waals surface area contributed by atoms with Gasteiger partial charge in [-0.2, -0.15) is 0 Å². The van der Waals surface area contributed by atoms with E-state index in [0.29, 0.717) is 6.04 Å². The van der Waals surface area contributed by atoms with Crippen LogP contribution >= 0.6 is 24.0 Å². The second-order valence-electron chi connectivity index (χ2n) is 7.94. The summed E-state index contributed by atoms with van der Waals surface area (Å²) < 4.78 is 5.59. The Kier molecular flexibility index (Phi) is 9.34. The summed E-state index contributed by atoms with van der Waals surface area (Å²) in [5.41, 5.74) is 1.46. The average Bonchev–Trinajstić information content (AvgIpc) is 3.49. The van der Waals surface area contributed by atoms with E-state index in [4.69, 9.17) is 9.73 Å². The second-order valence-corrected chi connectivity index (χ2v) is 7.94. The molecule has 1 heterocycles. The van der Waals surface area contributed by atoms with Crippen molar-refractivity contribution in [1.29, 1.82) is 0 Å². The van der Waals surface area contributed by atoms with Crippen LogP contribution in [-0.4, -0.2) is 56.7 Å².